The molecule has 0 aromatic carbocycles. The lowest BCUT2D eigenvalue weighted by molar-refractivity contribution is -0.00100. The molecule has 0 rings (SSSR count). The quantitative estimate of drug-likeness (QED) is 0.286. The van der Waals surface area contributed by atoms with Gasteiger partial charge in [0.2, 0.25) is 0 Å². The highest BCUT2D eigenvalue weighted by Gasteiger charge is 2.20. The minimum Gasteiger partial charge on any atom is -1.00 e. The molecule has 0 saturated carbocycles. The van der Waals surface area contributed by atoms with Crippen molar-refractivity contribution in [1.29, 1.82) is 0 Å². The van der Waals surface area contributed by atoms with E-state index in [9.17, 15) is 0 Å². The first-order valence-electron chi connectivity index (χ1n) is 1.15. The van der Waals surface area contributed by atoms with E-state index in [-0.39, 0.29) is 24.8 Å². The monoisotopic (exact) mass is 127 g/mol. The summed E-state index contributed by atoms with van der Waals surface area (Å²) in [5, 5.41) is 0. The maximum Gasteiger partial charge on any atom is 1.23 e. The first kappa shape index (κ1) is 16.5. The zero-order chi connectivity index (χ0) is 2.71. The van der Waals surface area contributed by atoms with Crippen molar-refractivity contribution < 1.29 is 24.8 Å². The van der Waals surface area contributed by atoms with Gasteiger partial charge in [0.15, 0.2) is 0 Å². The van der Waals surface area contributed by atoms with E-state index in [0.717, 1.165) is 15.2 Å². The molecular weight excluding hydrogens is 122 g/mol. The Hall–Kier alpha value is 1.11. The number of hydrogen-bond donors (Lipinski definition) is 0. The maximum absolute atomic E-state index is 2.21. The Morgan fingerprint density at radius 2 is 1.00 bits per heavy atom. The molecule has 0 unspecified atom stereocenters. The van der Waals surface area contributed by atoms with Crippen molar-refractivity contribution in [3.05, 3.63) is 0 Å². The molecule has 0 aromatic heterocycles. The van der Waals surface area contributed by atoms with Crippen LogP contribution < -0.4 is 24.8 Å². The molecule has 5 radical (unpaired) electrons. The normalized spacial score (nSPS) is 3.60. The fourth-order valence-corrected chi connectivity index (χ4v) is 0. The predicted octanol–water partition coefficient (Wildman–Crippen LogP) is -5.21. The van der Waals surface area contributed by atoms with Gasteiger partial charge < -0.3 is 24.8 Å². The van der Waals surface area contributed by atoms with Crippen LogP contribution >= 0.6 is 0 Å². The molecule has 0 aliphatic heterocycles. The summed E-state index contributed by atoms with van der Waals surface area (Å²) in [4.78, 5) is 0. The van der Waals surface area contributed by atoms with Crippen LogP contribution in [0.25, 0.3) is 0 Å². The fourth-order valence-electron chi connectivity index (χ4n) is 0. The van der Waals surface area contributed by atoms with E-state index in [2.05, 4.69) is 11.6 Å². The van der Waals surface area contributed by atoms with Crippen molar-refractivity contribution >= 4 is 15.2 Å². The van der Waals surface area contributed by atoms with Crippen molar-refractivity contribution in [3.8, 4) is 0 Å². The zero-order valence-corrected chi connectivity index (χ0v) is 6.00. The number of halogens is 2. The molecule has 3 heteroatoms. The lowest BCUT2D eigenvalue weighted by Crippen LogP contribution is -3.00. The van der Waals surface area contributed by atoms with Crippen molar-refractivity contribution in [1.82, 2.24) is 0 Å². The number of hydrogen-bond acceptors (Lipinski definition) is 0. The molecule has 0 saturated heterocycles. The molecule has 0 amide bonds. The Kier molecular flexibility index (Phi) is 63.9. The van der Waals surface area contributed by atoms with Crippen LogP contribution in [0, 0.1) is 0 Å². The predicted molar refractivity (Wildman–Crippen MR) is 17.5 cm³/mol. The number of rotatable bonds is 0. The summed E-state index contributed by atoms with van der Waals surface area (Å²) in [6.07, 6.45) is 0. The Bertz CT molecular complexity index is 7.61. The Balaban J connectivity index is -0.0000000200. The lowest BCUT2D eigenvalue weighted by atomic mass is 11.9. The first-order chi connectivity index (χ1) is 1.41. The summed E-state index contributed by atoms with van der Waals surface area (Å²) in [6, 6.07) is 0. The Labute approximate surface area is 51.9 Å². The standard InChI is InChI=1S/2CH3.Al.2ClH/h2*1H3;;2*1H/q;;+2;;/p-2. The van der Waals surface area contributed by atoms with Gasteiger partial charge in [-0.1, -0.05) is 0 Å². The van der Waals surface area contributed by atoms with Crippen molar-refractivity contribution in [2.45, 2.75) is 11.6 Å². The van der Waals surface area contributed by atoms with Crippen LogP contribution in [0.4, 0.5) is 0 Å². The lowest BCUT2D eigenvalue weighted by Gasteiger charge is -1.00. The molecule has 0 aliphatic rings. The summed E-state index contributed by atoms with van der Waals surface area (Å²) in [7, 11) is 0. The van der Waals surface area contributed by atoms with E-state index in [1.807, 2.05) is 0 Å². The summed E-state index contributed by atoms with van der Waals surface area (Å²) < 4.78 is 0. The van der Waals surface area contributed by atoms with Gasteiger partial charge in [0.1, 0.15) is 11.6 Å². The molecule has 0 spiro atoms. The first-order valence-corrected chi connectivity index (χ1v) is 3.46. The smallest absolute Gasteiger partial charge is 1.00 e. The molecule has 0 atom stereocenters. The average Bonchev–Trinajstić information content (AvgIpc) is 0.918. The van der Waals surface area contributed by atoms with Crippen LogP contribution in [0.2, 0.25) is 11.6 Å². The average molecular weight is 128 g/mol. The highest BCUT2D eigenvalue weighted by molar-refractivity contribution is 6.31. The molecular formula is C2H6AlCl2. The van der Waals surface area contributed by atoms with E-state index < -0.39 is 0 Å². The second-order valence-electron chi connectivity index (χ2n) is 0.577. The Morgan fingerprint density at radius 1 is 1.00 bits per heavy atom. The van der Waals surface area contributed by atoms with E-state index >= 15 is 0 Å². The Morgan fingerprint density at radius 3 is 1.00 bits per heavy atom. The molecule has 0 heterocycles. The second kappa shape index (κ2) is 19.4. The van der Waals surface area contributed by atoms with Crippen molar-refractivity contribution in [2.24, 2.45) is 0 Å². The van der Waals surface area contributed by atoms with Gasteiger partial charge in [0.25, 0.3) is 0 Å². The van der Waals surface area contributed by atoms with Crippen molar-refractivity contribution in [2.75, 3.05) is 0 Å². The molecule has 0 bridgehead atoms. The summed E-state index contributed by atoms with van der Waals surface area (Å²) in [5.74, 6) is 4.42. The highest BCUT2D eigenvalue weighted by Crippen LogP contribution is 1.36. The third kappa shape index (κ3) is 40.0. The molecule has 0 aromatic rings. The van der Waals surface area contributed by atoms with E-state index in [4.69, 9.17) is 0 Å². The van der Waals surface area contributed by atoms with Crippen LogP contribution in [-0.2, 0) is 0 Å². The van der Waals surface area contributed by atoms with Crippen LogP contribution in [0.5, 0.6) is 0 Å². The minimum absolute atomic E-state index is 0. The summed E-state index contributed by atoms with van der Waals surface area (Å²) in [6.45, 7) is 0. The molecule has 0 nitrogen and oxygen atoms in total. The van der Waals surface area contributed by atoms with Gasteiger partial charge in [-0.15, -0.1) is 0 Å². The van der Waals surface area contributed by atoms with Gasteiger partial charge in [0.05, 0.1) is 0 Å². The van der Waals surface area contributed by atoms with Crippen LogP contribution in [0.3, 0.4) is 0 Å². The third-order valence-electron chi connectivity index (χ3n) is 0. The van der Waals surface area contributed by atoms with Crippen LogP contribution in [0.15, 0.2) is 0 Å². The topological polar surface area (TPSA) is 0 Å². The van der Waals surface area contributed by atoms with E-state index in [0.29, 0.717) is 0 Å². The largest absolute Gasteiger partial charge is 1.23 e. The van der Waals surface area contributed by atoms with Gasteiger partial charge in [-0.05, 0) is 0 Å². The molecule has 31 valence electrons. The molecule has 0 aliphatic carbocycles. The fraction of sp³-hybridized carbons (Fsp3) is 1.00. The summed E-state index contributed by atoms with van der Waals surface area (Å²) >= 11 is 0.750. The van der Waals surface area contributed by atoms with Gasteiger partial charge in [-0.3, -0.25) is 0 Å². The second-order valence-corrected chi connectivity index (χ2v) is 1.73. The zero-order valence-electron chi connectivity index (χ0n) is 3.33. The SMILES string of the molecule is [CH3][Al+2][CH3].[Cl-].[Cl-]. The molecule has 5 heavy (non-hydrogen) atoms. The van der Waals surface area contributed by atoms with Gasteiger partial charge >= 0.3 is 15.2 Å². The van der Waals surface area contributed by atoms with Gasteiger partial charge in [-0.25, -0.2) is 0 Å². The van der Waals surface area contributed by atoms with E-state index in [1.165, 1.54) is 0 Å². The van der Waals surface area contributed by atoms with E-state index in [1.54, 1.807) is 0 Å². The van der Waals surface area contributed by atoms with Gasteiger partial charge in [-0.2, -0.15) is 0 Å². The highest BCUT2D eigenvalue weighted by atomic mass is 35.5. The maximum atomic E-state index is 2.21. The third-order valence-corrected chi connectivity index (χ3v) is 0. The van der Waals surface area contributed by atoms with Crippen LogP contribution in [0.1, 0.15) is 0 Å². The van der Waals surface area contributed by atoms with Gasteiger partial charge in [0, 0.05) is 0 Å². The molecule has 0 fully saturated rings. The summed E-state index contributed by atoms with van der Waals surface area (Å²) in [5.41, 5.74) is 0. The minimum atomic E-state index is 0. The molecule has 0 N–H and O–H groups in total. The van der Waals surface area contributed by atoms with Crippen LogP contribution in [-0.4, -0.2) is 15.2 Å². The van der Waals surface area contributed by atoms with Crippen molar-refractivity contribution in [3.63, 3.8) is 0 Å².